The minimum Gasteiger partial charge on any atom is -0.465 e. The number of carbonyl (C=O) groups is 2. The molecule has 4 nitrogen and oxygen atoms in total. The van der Waals surface area contributed by atoms with E-state index in [4.69, 9.17) is 21.1 Å². The molecule has 0 unspecified atom stereocenters. The van der Waals surface area contributed by atoms with Crippen molar-refractivity contribution in [1.82, 2.24) is 0 Å². The van der Waals surface area contributed by atoms with Crippen LogP contribution >= 0.6 is 11.6 Å². The van der Waals surface area contributed by atoms with Gasteiger partial charge in [-0.1, -0.05) is 39.5 Å². The van der Waals surface area contributed by atoms with Crippen LogP contribution in [0, 0.1) is 5.92 Å². The third-order valence-electron chi connectivity index (χ3n) is 2.66. The van der Waals surface area contributed by atoms with Crippen molar-refractivity contribution < 1.29 is 19.1 Å². The molecule has 0 aromatic rings. The second kappa shape index (κ2) is 13.2. The van der Waals surface area contributed by atoms with Gasteiger partial charge in [0.1, 0.15) is 6.42 Å². The highest BCUT2D eigenvalue weighted by atomic mass is 35.5. The van der Waals surface area contributed by atoms with Crippen LogP contribution in [0.1, 0.15) is 58.8 Å². The second-order valence-electron chi connectivity index (χ2n) is 5.28. The number of halogens is 1. The highest BCUT2D eigenvalue weighted by Gasteiger charge is 2.12. The minimum absolute atomic E-state index is 0.272. The van der Waals surface area contributed by atoms with Crippen LogP contribution in [0.2, 0.25) is 0 Å². The maximum Gasteiger partial charge on any atom is 0.317 e. The van der Waals surface area contributed by atoms with E-state index < -0.39 is 11.9 Å². The lowest BCUT2D eigenvalue weighted by atomic mass is 10.1. The Hall–Kier alpha value is -0.770. The van der Waals surface area contributed by atoms with Crippen LogP contribution in [0.5, 0.6) is 0 Å². The standard InChI is InChI=1S/C15H27ClO4/c1-13(2)12-20-15(18)11-14(17)19-10-8-6-4-3-5-7-9-16/h13H,3-12H2,1-2H3. The normalized spacial score (nSPS) is 10.6. The molecule has 0 amide bonds. The van der Waals surface area contributed by atoms with Crippen LogP contribution < -0.4 is 0 Å². The van der Waals surface area contributed by atoms with Crippen LogP contribution in [0.3, 0.4) is 0 Å². The molecule has 0 radical (unpaired) electrons. The number of ether oxygens (including phenoxy) is 2. The van der Waals surface area contributed by atoms with Crippen LogP contribution in [-0.4, -0.2) is 31.0 Å². The van der Waals surface area contributed by atoms with Gasteiger partial charge >= 0.3 is 11.9 Å². The van der Waals surface area contributed by atoms with Gasteiger partial charge in [-0.05, 0) is 18.8 Å². The van der Waals surface area contributed by atoms with Gasteiger partial charge in [-0.15, -0.1) is 11.6 Å². The summed E-state index contributed by atoms with van der Waals surface area (Å²) < 4.78 is 9.89. The molecular weight excluding hydrogens is 280 g/mol. The predicted molar refractivity (Wildman–Crippen MR) is 79.8 cm³/mol. The average molecular weight is 307 g/mol. The molecule has 0 bridgehead atoms. The molecule has 0 aliphatic carbocycles. The van der Waals surface area contributed by atoms with Crippen LogP contribution in [0.25, 0.3) is 0 Å². The quantitative estimate of drug-likeness (QED) is 0.239. The molecule has 0 N–H and O–H groups in total. The van der Waals surface area contributed by atoms with E-state index in [-0.39, 0.29) is 12.3 Å². The molecule has 0 atom stereocenters. The van der Waals surface area contributed by atoms with Gasteiger partial charge in [0.2, 0.25) is 0 Å². The number of hydrogen-bond acceptors (Lipinski definition) is 4. The molecule has 5 heteroatoms. The van der Waals surface area contributed by atoms with Gasteiger partial charge < -0.3 is 9.47 Å². The molecule has 0 saturated carbocycles. The Balaban J connectivity index is 3.38. The number of rotatable bonds is 12. The summed E-state index contributed by atoms with van der Waals surface area (Å²) in [6.07, 6.45) is 6.11. The maximum absolute atomic E-state index is 11.3. The van der Waals surface area contributed by atoms with E-state index in [2.05, 4.69) is 0 Å². The van der Waals surface area contributed by atoms with E-state index in [0.29, 0.717) is 13.2 Å². The van der Waals surface area contributed by atoms with Gasteiger partial charge in [-0.25, -0.2) is 0 Å². The average Bonchev–Trinajstić information content (AvgIpc) is 2.39. The van der Waals surface area contributed by atoms with Crippen molar-refractivity contribution in [3.63, 3.8) is 0 Å². The molecule has 0 aromatic carbocycles. The second-order valence-corrected chi connectivity index (χ2v) is 5.66. The molecule has 0 spiro atoms. The zero-order valence-electron chi connectivity index (χ0n) is 12.7. The summed E-state index contributed by atoms with van der Waals surface area (Å²) in [4.78, 5) is 22.6. The first-order chi connectivity index (χ1) is 9.56. The smallest absolute Gasteiger partial charge is 0.317 e. The Kier molecular flexibility index (Phi) is 12.7. The summed E-state index contributed by atoms with van der Waals surface area (Å²) in [5.74, 6) is -0.00992. The maximum atomic E-state index is 11.3. The largest absolute Gasteiger partial charge is 0.465 e. The fourth-order valence-corrected chi connectivity index (χ4v) is 1.76. The van der Waals surface area contributed by atoms with Gasteiger partial charge in [0.25, 0.3) is 0 Å². The van der Waals surface area contributed by atoms with Crippen molar-refractivity contribution in [2.24, 2.45) is 5.92 Å². The molecular formula is C15H27ClO4. The Labute approximate surface area is 127 Å². The molecule has 20 heavy (non-hydrogen) atoms. The van der Waals surface area contributed by atoms with Gasteiger partial charge in [-0.3, -0.25) is 9.59 Å². The lowest BCUT2D eigenvalue weighted by Crippen LogP contribution is -2.16. The third kappa shape index (κ3) is 13.7. The zero-order chi connectivity index (χ0) is 15.2. The van der Waals surface area contributed by atoms with Gasteiger partial charge in [-0.2, -0.15) is 0 Å². The summed E-state index contributed by atoms with van der Waals surface area (Å²) in [5.41, 5.74) is 0. The summed E-state index contributed by atoms with van der Waals surface area (Å²) in [6.45, 7) is 4.61. The van der Waals surface area contributed by atoms with Crippen LogP contribution in [-0.2, 0) is 19.1 Å². The third-order valence-corrected chi connectivity index (χ3v) is 2.92. The Morgan fingerprint density at radius 2 is 1.45 bits per heavy atom. The van der Waals surface area contributed by atoms with E-state index in [0.717, 1.165) is 38.0 Å². The summed E-state index contributed by atoms with van der Waals surface area (Å²) in [5, 5.41) is 0. The van der Waals surface area contributed by atoms with Crippen molar-refractivity contribution >= 4 is 23.5 Å². The Bertz CT molecular complexity index is 267. The molecule has 0 saturated heterocycles. The highest BCUT2D eigenvalue weighted by Crippen LogP contribution is 2.06. The topological polar surface area (TPSA) is 52.6 Å². The Morgan fingerprint density at radius 3 is 2.05 bits per heavy atom. The first-order valence-electron chi connectivity index (χ1n) is 7.43. The zero-order valence-corrected chi connectivity index (χ0v) is 13.4. The first-order valence-corrected chi connectivity index (χ1v) is 7.97. The van der Waals surface area contributed by atoms with Crippen molar-refractivity contribution in [2.45, 2.75) is 58.8 Å². The van der Waals surface area contributed by atoms with Gasteiger partial charge in [0, 0.05) is 5.88 Å². The number of carbonyl (C=O) groups excluding carboxylic acids is 2. The first kappa shape index (κ1) is 19.2. The molecule has 0 aliphatic heterocycles. The molecule has 118 valence electrons. The van der Waals surface area contributed by atoms with Crippen LogP contribution in [0.15, 0.2) is 0 Å². The van der Waals surface area contributed by atoms with E-state index in [1.165, 1.54) is 6.42 Å². The lowest BCUT2D eigenvalue weighted by Gasteiger charge is -2.07. The van der Waals surface area contributed by atoms with E-state index >= 15 is 0 Å². The monoisotopic (exact) mass is 306 g/mol. The fraction of sp³-hybridized carbons (Fsp3) is 0.867. The summed E-state index contributed by atoms with van der Waals surface area (Å²) in [7, 11) is 0. The molecule has 0 fully saturated rings. The molecule has 0 heterocycles. The summed E-state index contributed by atoms with van der Waals surface area (Å²) in [6, 6.07) is 0. The van der Waals surface area contributed by atoms with E-state index in [1.54, 1.807) is 0 Å². The SMILES string of the molecule is CC(C)COC(=O)CC(=O)OCCCCCCCCCl. The summed E-state index contributed by atoms with van der Waals surface area (Å²) >= 11 is 5.58. The van der Waals surface area contributed by atoms with E-state index in [9.17, 15) is 9.59 Å². The fourth-order valence-electron chi connectivity index (χ4n) is 1.57. The van der Waals surface area contributed by atoms with Crippen molar-refractivity contribution in [1.29, 1.82) is 0 Å². The van der Waals surface area contributed by atoms with Gasteiger partial charge in [0.15, 0.2) is 0 Å². The lowest BCUT2D eigenvalue weighted by molar-refractivity contribution is -0.155. The van der Waals surface area contributed by atoms with E-state index in [1.807, 2.05) is 13.8 Å². The molecule has 0 rings (SSSR count). The number of hydrogen-bond donors (Lipinski definition) is 0. The van der Waals surface area contributed by atoms with Gasteiger partial charge in [0.05, 0.1) is 13.2 Å². The van der Waals surface area contributed by atoms with Crippen molar-refractivity contribution in [3.05, 3.63) is 0 Å². The molecule has 0 aliphatic rings. The molecule has 0 aromatic heterocycles. The number of unbranched alkanes of at least 4 members (excludes halogenated alkanes) is 5. The van der Waals surface area contributed by atoms with Crippen molar-refractivity contribution in [2.75, 3.05) is 19.1 Å². The predicted octanol–water partition coefficient (Wildman–Crippen LogP) is 3.70. The number of alkyl halides is 1. The highest BCUT2D eigenvalue weighted by molar-refractivity contribution is 6.17. The Morgan fingerprint density at radius 1 is 0.900 bits per heavy atom. The number of esters is 2. The minimum atomic E-state index is -0.509. The van der Waals surface area contributed by atoms with Crippen LogP contribution in [0.4, 0.5) is 0 Å². The van der Waals surface area contributed by atoms with Crippen molar-refractivity contribution in [3.8, 4) is 0 Å².